The number of aromatic nitrogens is 1. The zero-order chi connectivity index (χ0) is 16.7. The number of benzene rings is 1. The first-order chi connectivity index (χ1) is 11.5. The summed E-state index contributed by atoms with van der Waals surface area (Å²) in [6.07, 6.45) is 4.78. The second-order valence-electron chi connectivity index (χ2n) is 6.81. The van der Waals surface area contributed by atoms with E-state index in [4.69, 9.17) is 32.9 Å². The van der Waals surface area contributed by atoms with Gasteiger partial charge in [-0.15, -0.1) is 34.5 Å². The second kappa shape index (κ2) is 6.47. The van der Waals surface area contributed by atoms with Gasteiger partial charge >= 0.3 is 5.97 Å². The molecule has 0 aliphatic heterocycles. The molecule has 1 heterocycles. The third-order valence-corrected chi connectivity index (χ3v) is 7.17. The van der Waals surface area contributed by atoms with Crippen LogP contribution in [0.15, 0.2) is 24.3 Å². The van der Waals surface area contributed by atoms with Crippen LogP contribution in [-0.4, -0.2) is 21.9 Å². The first kappa shape index (κ1) is 16.6. The molecule has 2 aliphatic carbocycles. The number of hydrogen-bond donors (Lipinski definition) is 0. The number of para-hydroxylation sites is 1. The van der Waals surface area contributed by atoms with Crippen molar-refractivity contribution in [2.45, 2.75) is 42.4 Å². The molecule has 0 saturated heterocycles. The average Bonchev–Trinajstić information content (AvgIpc) is 3.01. The minimum Gasteiger partial charge on any atom is -0.465 e. The van der Waals surface area contributed by atoms with Crippen LogP contribution in [0, 0.1) is 11.8 Å². The highest BCUT2D eigenvalue weighted by molar-refractivity contribution is 7.18. The number of nitrogens with zero attached hydrogens (tertiary/aromatic N) is 1. The van der Waals surface area contributed by atoms with Crippen LogP contribution < -0.4 is 0 Å². The fraction of sp³-hybridized carbons (Fsp3) is 0.556. The van der Waals surface area contributed by atoms with Gasteiger partial charge in [0, 0.05) is 11.8 Å². The van der Waals surface area contributed by atoms with Gasteiger partial charge in [-0.2, -0.15) is 0 Å². The minimum absolute atomic E-state index is 0.0780. The van der Waals surface area contributed by atoms with Gasteiger partial charge in [-0.3, -0.25) is 4.79 Å². The quantitative estimate of drug-likeness (QED) is 0.530. The van der Waals surface area contributed by atoms with Crippen LogP contribution in [0.25, 0.3) is 10.2 Å². The molecule has 0 radical (unpaired) electrons. The van der Waals surface area contributed by atoms with Gasteiger partial charge in [-0.1, -0.05) is 25.0 Å². The maximum atomic E-state index is 12.6. The SMILES string of the molecule is O=C(OCC1CC1(Cl)Cl)C1CCCCC1c1nc2ccccc2s1. The predicted octanol–water partition coefficient (Wildman–Crippen LogP) is 5.31. The monoisotopic (exact) mass is 383 g/mol. The molecule has 0 spiro atoms. The van der Waals surface area contributed by atoms with Crippen molar-refractivity contribution in [3.05, 3.63) is 29.3 Å². The van der Waals surface area contributed by atoms with Gasteiger partial charge in [-0.05, 0) is 31.4 Å². The van der Waals surface area contributed by atoms with E-state index in [9.17, 15) is 4.79 Å². The number of carbonyl (C=O) groups excluding carboxylic acids is 1. The molecule has 6 heteroatoms. The van der Waals surface area contributed by atoms with Crippen LogP contribution in [-0.2, 0) is 9.53 Å². The van der Waals surface area contributed by atoms with E-state index in [0.717, 1.165) is 36.2 Å². The lowest BCUT2D eigenvalue weighted by molar-refractivity contribution is -0.151. The summed E-state index contributed by atoms with van der Waals surface area (Å²) in [5, 5.41) is 1.06. The van der Waals surface area contributed by atoms with E-state index >= 15 is 0 Å². The number of carbonyl (C=O) groups is 1. The Morgan fingerprint density at radius 2 is 2.04 bits per heavy atom. The van der Waals surface area contributed by atoms with Crippen molar-refractivity contribution in [1.82, 2.24) is 4.98 Å². The standard InChI is InChI=1S/C18H19Cl2NO2S/c19-18(20)9-11(18)10-23-17(22)13-6-2-1-5-12(13)16-21-14-7-3-4-8-15(14)24-16/h3-4,7-8,11-13H,1-2,5-6,9-10H2. The molecule has 0 N–H and O–H groups in total. The molecule has 1 aromatic carbocycles. The number of hydrogen-bond acceptors (Lipinski definition) is 4. The molecule has 24 heavy (non-hydrogen) atoms. The number of halogens is 2. The highest BCUT2D eigenvalue weighted by atomic mass is 35.5. The van der Waals surface area contributed by atoms with Crippen molar-refractivity contribution >= 4 is 50.7 Å². The van der Waals surface area contributed by atoms with Crippen LogP contribution in [0.4, 0.5) is 0 Å². The minimum atomic E-state index is -0.695. The molecule has 0 amide bonds. The molecular weight excluding hydrogens is 365 g/mol. The van der Waals surface area contributed by atoms with Crippen LogP contribution in [0.1, 0.15) is 43.0 Å². The number of rotatable bonds is 4. The maximum Gasteiger partial charge on any atom is 0.309 e. The van der Waals surface area contributed by atoms with E-state index in [1.54, 1.807) is 11.3 Å². The van der Waals surface area contributed by atoms with Gasteiger partial charge in [0.15, 0.2) is 0 Å². The molecule has 3 unspecified atom stereocenters. The number of fused-ring (bicyclic) bond motifs is 1. The summed E-state index contributed by atoms with van der Waals surface area (Å²) in [6.45, 7) is 0.328. The highest BCUT2D eigenvalue weighted by Gasteiger charge is 2.52. The Hall–Kier alpha value is -0.840. The number of esters is 1. The zero-order valence-corrected chi connectivity index (χ0v) is 15.5. The third kappa shape index (κ3) is 3.29. The fourth-order valence-corrected chi connectivity index (χ4v) is 5.16. The van der Waals surface area contributed by atoms with E-state index in [0.29, 0.717) is 13.0 Å². The van der Waals surface area contributed by atoms with Gasteiger partial charge in [0.1, 0.15) is 4.33 Å². The largest absolute Gasteiger partial charge is 0.465 e. The molecule has 1 aromatic heterocycles. The molecule has 2 aromatic rings. The predicted molar refractivity (Wildman–Crippen MR) is 97.8 cm³/mol. The summed E-state index contributed by atoms with van der Waals surface area (Å²) in [5.41, 5.74) is 1.02. The highest BCUT2D eigenvalue weighted by Crippen LogP contribution is 2.53. The fourth-order valence-electron chi connectivity index (χ4n) is 3.50. The molecule has 128 valence electrons. The molecule has 0 bridgehead atoms. The summed E-state index contributed by atoms with van der Waals surface area (Å²) >= 11 is 13.7. The lowest BCUT2D eigenvalue weighted by Crippen LogP contribution is -2.28. The van der Waals surface area contributed by atoms with Gasteiger partial charge in [-0.25, -0.2) is 4.98 Å². The van der Waals surface area contributed by atoms with Gasteiger partial charge < -0.3 is 4.74 Å². The molecule has 2 aliphatic rings. The summed E-state index contributed by atoms with van der Waals surface area (Å²) in [5.74, 6) is 0.0296. The lowest BCUT2D eigenvalue weighted by atomic mass is 9.79. The first-order valence-electron chi connectivity index (χ1n) is 8.44. The van der Waals surface area contributed by atoms with Crippen LogP contribution in [0.3, 0.4) is 0 Å². The number of ether oxygens (including phenoxy) is 1. The summed E-state index contributed by atoms with van der Waals surface area (Å²) in [4.78, 5) is 17.4. The Kier molecular flexibility index (Phi) is 4.48. The van der Waals surface area contributed by atoms with E-state index in [1.807, 2.05) is 18.2 Å². The summed E-state index contributed by atoms with van der Waals surface area (Å²) in [7, 11) is 0. The van der Waals surface area contributed by atoms with E-state index in [1.165, 1.54) is 4.70 Å². The molecular formula is C18H19Cl2NO2S. The van der Waals surface area contributed by atoms with E-state index in [-0.39, 0.29) is 23.7 Å². The second-order valence-corrected chi connectivity index (χ2v) is 9.41. The maximum absolute atomic E-state index is 12.6. The average molecular weight is 384 g/mol. The lowest BCUT2D eigenvalue weighted by Gasteiger charge is -2.28. The van der Waals surface area contributed by atoms with Crippen molar-refractivity contribution < 1.29 is 9.53 Å². The van der Waals surface area contributed by atoms with Gasteiger partial charge in [0.25, 0.3) is 0 Å². The zero-order valence-electron chi connectivity index (χ0n) is 13.2. The van der Waals surface area contributed by atoms with Crippen LogP contribution in [0.5, 0.6) is 0 Å². The van der Waals surface area contributed by atoms with E-state index in [2.05, 4.69) is 6.07 Å². The molecule has 3 nitrogen and oxygen atoms in total. The van der Waals surface area contributed by atoms with Crippen molar-refractivity contribution in [3.63, 3.8) is 0 Å². The Labute approximate surface area is 155 Å². The molecule has 2 fully saturated rings. The number of thiazole rings is 1. The van der Waals surface area contributed by atoms with Gasteiger partial charge in [0.2, 0.25) is 0 Å². The first-order valence-corrected chi connectivity index (χ1v) is 10.0. The summed E-state index contributed by atoms with van der Waals surface area (Å²) < 4.78 is 6.02. The Morgan fingerprint density at radius 1 is 1.29 bits per heavy atom. The van der Waals surface area contributed by atoms with Crippen molar-refractivity contribution in [1.29, 1.82) is 0 Å². The van der Waals surface area contributed by atoms with Crippen molar-refractivity contribution in [3.8, 4) is 0 Å². The van der Waals surface area contributed by atoms with Crippen LogP contribution >= 0.6 is 34.5 Å². The molecule has 4 rings (SSSR count). The van der Waals surface area contributed by atoms with Crippen LogP contribution in [0.2, 0.25) is 0 Å². The Balaban J connectivity index is 1.49. The van der Waals surface area contributed by atoms with Crippen molar-refractivity contribution in [2.24, 2.45) is 11.8 Å². The normalized spacial score (nSPS) is 28.7. The molecule has 3 atom stereocenters. The van der Waals surface area contributed by atoms with Gasteiger partial charge in [0.05, 0.1) is 27.7 Å². The molecule has 2 saturated carbocycles. The summed E-state index contributed by atoms with van der Waals surface area (Å²) in [6, 6.07) is 8.13. The van der Waals surface area contributed by atoms with E-state index < -0.39 is 4.33 Å². The number of alkyl halides is 2. The third-order valence-electron chi connectivity index (χ3n) is 5.08. The Bertz CT molecular complexity index is 727. The Morgan fingerprint density at radius 3 is 2.79 bits per heavy atom. The van der Waals surface area contributed by atoms with Crippen molar-refractivity contribution in [2.75, 3.05) is 6.61 Å². The smallest absolute Gasteiger partial charge is 0.309 e. The topological polar surface area (TPSA) is 39.2 Å².